The SMILES string of the molecule is CC/C=C\C/C=C\C/C=C\C/C=C\C/C=C\CCCCCCCC(=O)OC(COC(=O)CCCCCCCCCCCCCCCCC/C=C\CCCCCCCCCC)COC(OCC[N+](C)(C)C)C(=O)O. The van der Waals surface area contributed by atoms with Crippen molar-refractivity contribution in [1.29, 1.82) is 0 Å². The van der Waals surface area contributed by atoms with E-state index in [-0.39, 0.29) is 32.2 Å². The third kappa shape index (κ3) is 56.3. The molecule has 0 spiro atoms. The minimum absolute atomic E-state index is 0.181. The van der Waals surface area contributed by atoms with E-state index in [9.17, 15) is 19.5 Å². The Labute approximate surface area is 449 Å². The van der Waals surface area contributed by atoms with Gasteiger partial charge in [0.2, 0.25) is 0 Å². The molecule has 0 aromatic carbocycles. The molecule has 0 aliphatic carbocycles. The van der Waals surface area contributed by atoms with Gasteiger partial charge in [-0.1, -0.05) is 234 Å². The molecule has 0 saturated heterocycles. The third-order valence-corrected chi connectivity index (χ3v) is 12.9. The molecule has 0 amide bonds. The van der Waals surface area contributed by atoms with Crippen LogP contribution < -0.4 is 0 Å². The number of hydrogen-bond acceptors (Lipinski definition) is 7. The van der Waals surface area contributed by atoms with Gasteiger partial charge in [-0.15, -0.1) is 0 Å². The maximum atomic E-state index is 12.9. The zero-order valence-electron chi connectivity index (χ0n) is 48.0. The van der Waals surface area contributed by atoms with Crippen molar-refractivity contribution in [2.45, 2.75) is 270 Å². The summed E-state index contributed by atoms with van der Waals surface area (Å²) in [7, 11) is 5.96. The zero-order valence-corrected chi connectivity index (χ0v) is 48.0. The molecule has 422 valence electrons. The van der Waals surface area contributed by atoms with Crippen LogP contribution in [0.1, 0.15) is 258 Å². The summed E-state index contributed by atoms with van der Waals surface area (Å²) in [5.41, 5.74) is 0. The summed E-state index contributed by atoms with van der Waals surface area (Å²) in [6.07, 6.45) is 68.4. The van der Waals surface area contributed by atoms with Crippen molar-refractivity contribution < 1.29 is 42.9 Å². The summed E-state index contributed by atoms with van der Waals surface area (Å²) >= 11 is 0. The standard InChI is InChI=1S/C64H113NO8/c1-6-8-10-12-14-16-18-20-22-24-26-28-29-30-31-32-33-35-36-38-40-42-44-46-48-50-52-54-61(66)71-58-60(59-72-64(63(68)69)70-57-56-65(3,4)5)73-62(67)55-53-51-49-47-45-43-41-39-37-34-27-25-23-21-19-17-15-13-11-9-7-2/h9,11,15,17,21,23-24,26-27,34,39,41,60,64H,6-8,10,12-14,16,18-20,22,25,28-33,35-38,40,42-59H2,1-5H3/p+1/b11-9-,17-15-,23-21-,26-24-,34-27-,41-39-. The number of carbonyl (C=O) groups is 3. The molecule has 0 aromatic heterocycles. The maximum absolute atomic E-state index is 12.9. The number of likely N-dealkylation sites (N-methyl/N-ethyl adjacent to an activating group) is 1. The molecule has 2 atom stereocenters. The highest BCUT2D eigenvalue weighted by Gasteiger charge is 2.25. The van der Waals surface area contributed by atoms with E-state index in [2.05, 4.69) is 86.8 Å². The molecule has 0 rings (SSSR count). The van der Waals surface area contributed by atoms with E-state index in [1.54, 1.807) is 0 Å². The van der Waals surface area contributed by atoms with Gasteiger partial charge in [-0.25, -0.2) is 4.79 Å². The Morgan fingerprint density at radius 3 is 1.18 bits per heavy atom. The molecule has 9 nitrogen and oxygen atoms in total. The highest BCUT2D eigenvalue weighted by molar-refractivity contribution is 5.71. The van der Waals surface area contributed by atoms with Gasteiger partial charge in [0.1, 0.15) is 13.2 Å². The first-order chi connectivity index (χ1) is 35.6. The van der Waals surface area contributed by atoms with Crippen LogP contribution in [0.25, 0.3) is 0 Å². The molecule has 0 bridgehead atoms. The van der Waals surface area contributed by atoms with Crippen molar-refractivity contribution in [3.05, 3.63) is 72.9 Å². The summed E-state index contributed by atoms with van der Waals surface area (Å²) < 4.78 is 22.9. The predicted molar refractivity (Wildman–Crippen MR) is 309 cm³/mol. The Kier molecular flexibility index (Phi) is 52.5. The van der Waals surface area contributed by atoms with Gasteiger partial charge in [0.15, 0.2) is 6.10 Å². The fraction of sp³-hybridized carbons (Fsp3) is 0.766. The van der Waals surface area contributed by atoms with Crippen LogP contribution in [0, 0.1) is 0 Å². The van der Waals surface area contributed by atoms with Crippen LogP contribution in [0.5, 0.6) is 0 Å². The molecule has 1 N–H and O–H groups in total. The van der Waals surface area contributed by atoms with E-state index in [4.69, 9.17) is 18.9 Å². The summed E-state index contributed by atoms with van der Waals surface area (Å²) in [5, 5.41) is 9.71. The number of carbonyl (C=O) groups excluding carboxylic acids is 2. The molecule has 9 heteroatoms. The molecule has 0 fully saturated rings. The number of quaternary nitrogens is 1. The number of hydrogen-bond donors (Lipinski definition) is 1. The van der Waals surface area contributed by atoms with Crippen molar-refractivity contribution >= 4 is 17.9 Å². The lowest BCUT2D eigenvalue weighted by atomic mass is 10.0. The van der Waals surface area contributed by atoms with Crippen molar-refractivity contribution in [3.8, 4) is 0 Å². The normalized spacial score (nSPS) is 13.3. The maximum Gasteiger partial charge on any atom is 0.361 e. The van der Waals surface area contributed by atoms with Gasteiger partial charge in [-0.05, 0) is 83.5 Å². The molecule has 0 aliphatic heterocycles. The van der Waals surface area contributed by atoms with Crippen LogP contribution in [-0.2, 0) is 33.3 Å². The van der Waals surface area contributed by atoms with E-state index in [1.807, 2.05) is 21.1 Å². The number of ether oxygens (including phenoxy) is 4. The van der Waals surface area contributed by atoms with Gasteiger partial charge in [0, 0.05) is 12.8 Å². The molecule has 0 radical (unpaired) electrons. The van der Waals surface area contributed by atoms with Gasteiger partial charge in [0.25, 0.3) is 6.29 Å². The second kappa shape index (κ2) is 55.0. The number of aliphatic carboxylic acids is 1. The largest absolute Gasteiger partial charge is 0.477 e. The van der Waals surface area contributed by atoms with E-state index < -0.39 is 24.3 Å². The average Bonchev–Trinajstić information content (AvgIpc) is 3.36. The van der Waals surface area contributed by atoms with Crippen LogP contribution in [-0.4, -0.2) is 87.4 Å². The fourth-order valence-corrected chi connectivity index (χ4v) is 8.33. The molecule has 2 unspecified atom stereocenters. The van der Waals surface area contributed by atoms with Crippen molar-refractivity contribution in [1.82, 2.24) is 0 Å². The third-order valence-electron chi connectivity index (χ3n) is 12.9. The van der Waals surface area contributed by atoms with E-state index in [1.165, 1.54) is 141 Å². The number of nitrogens with zero attached hydrogens (tertiary/aromatic N) is 1. The van der Waals surface area contributed by atoms with Gasteiger partial charge >= 0.3 is 17.9 Å². The Bertz CT molecular complexity index is 1420. The van der Waals surface area contributed by atoms with Crippen LogP contribution in [0.4, 0.5) is 0 Å². The number of carboxylic acids is 1. The van der Waals surface area contributed by atoms with Crippen LogP contribution in [0.3, 0.4) is 0 Å². The monoisotopic (exact) mass is 1020 g/mol. The molecule has 0 heterocycles. The second-order valence-corrected chi connectivity index (χ2v) is 21.3. The number of allylic oxidation sites excluding steroid dienone is 12. The van der Waals surface area contributed by atoms with E-state index in [0.29, 0.717) is 23.9 Å². The van der Waals surface area contributed by atoms with Gasteiger partial charge in [-0.2, -0.15) is 0 Å². The highest BCUT2D eigenvalue weighted by atomic mass is 16.7. The fourth-order valence-electron chi connectivity index (χ4n) is 8.33. The van der Waals surface area contributed by atoms with E-state index >= 15 is 0 Å². The van der Waals surface area contributed by atoms with E-state index in [0.717, 1.165) is 83.5 Å². The Hall–Kier alpha value is -3.27. The quantitative estimate of drug-likeness (QED) is 0.0211. The van der Waals surface area contributed by atoms with Crippen LogP contribution in [0.15, 0.2) is 72.9 Å². The molecule has 0 aliphatic rings. The van der Waals surface area contributed by atoms with Crippen LogP contribution in [0.2, 0.25) is 0 Å². The lowest BCUT2D eigenvalue weighted by Gasteiger charge is -2.25. The lowest BCUT2D eigenvalue weighted by Crippen LogP contribution is -2.40. The smallest absolute Gasteiger partial charge is 0.361 e. The molecule has 0 aromatic rings. The second-order valence-electron chi connectivity index (χ2n) is 21.3. The van der Waals surface area contributed by atoms with Crippen molar-refractivity contribution in [2.24, 2.45) is 0 Å². The molecular formula is C64H114NO8+. The number of carboxylic acid groups (broad SMARTS) is 1. The van der Waals surface area contributed by atoms with Crippen LogP contribution >= 0.6 is 0 Å². The number of rotatable bonds is 55. The summed E-state index contributed by atoms with van der Waals surface area (Å²) in [6.45, 7) is 4.76. The zero-order chi connectivity index (χ0) is 53.4. The summed E-state index contributed by atoms with van der Waals surface area (Å²) in [5.74, 6) is -2.03. The summed E-state index contributed by atoms with van der Waals surface area (Å²) in [6, 6.07) is 0. The average molecular weight is 1030 g/mol. The summed E-state index contributed by atoms with van der Waals surface area (Å²) in [4.78, 5) is 37.5. The first-order valence-corrected chi connectivity index (χ1v) is 30.1. The highest BCUT2D eigenvalue weighted by Crippen LogP contribution is 2.16. The molecular weight excluding hydrogens is 911 g/mol. The molecule has 0 saturated carbocycles. The van der Waals surface area contributed by atoms with Crippen molar-refractivity contribution in [3.63, 3.8) is 0 Å². The number of unbranched alkanes of at least 4 members (excludes halogenated alkanes) is 28. The minimum Gasteiger partial charge on any atom is -0.477 e. The van der Waals surface area contributed by atoms with Gasteiger partial charge < -0.3 is 28.5 Å². The molecule has 73 heavy (non-hydrogen) atoms. The van der Waals surface area contributed by atoms with Crippen molar-refractivity contribution in [2.75, 3.05) is 47.5 Å². The lowest BCUT2D eigenvalue weighted by molar-refractivity contribution is -0.870. The first-order valence-electron chi connectivity index (χ1n) is 30.1. The minimum atomic E-state index is -1.52. The topological polar surface area (TPSA) is 108 Å². The van der Waals surface area contributed by atoms with Gasteiger partial charge in [0.05, 0.1) is 34.4 Å². The Morgan fingerprint density at radius 2 is 0.781 bits per heavy atom. The Morgan fingerprint density at radius 1 is 0.425 bits per heavy atom. The van der Waals surface area contributed by atoms with Gasteiger partial charge in [-0.3, -0.25) is 9.59 Å². The predicted octanol–water partition coefficient (Wildman–Crippen LogP) is 17.8. The Balaban J connectivity index is 4.23. The number of esters is 2. The first kappa shape index (κ1) is 69.7.